The van der Waals surface area contributed by atoms with Crippen LogP contribution in [0.3, 0.4) is 0 Å². The Morgan fingerprint density at radius 2 is 1.64 bits per heavy atom. The number of hydrogen-bond donors (Lipinski definition) is 1. The third-order valence-electron chi connectivity index (χ3n) is 3.89. The number of benzene rings is 2. The van der Waals surface area contributed by atoms with Crippen molar-refractivity contribution in [3.8, 4) is 0 Å². The van der Waals surface area contributed by atoms with Gasteiger partial charge in [0.05, 0.1) is 18.1 Å². The van der Waals surface area contributed by atoms with Crippen molar-refractivity contribution in [3.63, 3.8) is 0 Å². The highest BCUT2D eigenvalue weighted by atomic mass is 32.1. The van der Waals surface area contributed by atoms with Crippen molar-refractivity contribution in [1.29, 1.82) is 0 Å². The zero-order valence-electron chi connectivity index (χ0n) is 14.2. The second kappa shape index (κ2) is 8.60. The summed E-state index contributed by atoms with van der Waals surface area (Å²) >= 11 is 1.51. The molecule has 0 bridgehead atoms. The number of nitrogens with one attached hydrogen (secondary N) is 1. The van der Waals surface area contributed by atoms with E-state index in [2.05, 4.69) is 17.4 Å². The summed E-state index contributed by atoms with van der Waals surface area (Å²) in [5.74, 6) is -0.0295. The minimum atomic E-state index is -0.0295. The lowest BCUT2D eigenvalue weighted by Crippen LogP contribution is -2.22. The Hall–Kier alpha value is -2.43. The lowest BCUT2D eigenvalue weighted by Gasteiger charge is -2.11. The highest BCUT2D eigenvalue weighted by Crippen LogP contribution is 2.16. The van der Waals surface area contributed by atoms with Gasteiger partial charge in [-0.25, -0.2) is 0 Å². The van der Waals surface area contributed by atoms with E-state index in [0.29, 0.717) is 19.8 Å². The van der Waals surface area contributed by atoms with E-state index in [1.807, 2.05) is 61.5 Å². The molecule has 0 aliphatic carbocycles. The maximum absolute atomic E-state index is 12.2. The van der Waals surface area contributed by atoms with Crippen LogP contribution in [0.2, 0.25) is 0 Å². The van der Waals surface area contributed by atoms with E-state index < -0.39 is 0 Å². The van der Waals surface area contributed by atoms with Crippen LogP contribution >= 0.6 is 11.3 Å². The predicted octanol–water partition coefficient (Wildman–Crippen LogP) is 4.70. The lowest BCUT2D eigenvalue weighted by atomic mass is 10.1. The molecule has 1 amide bonds. The Morgan fingerprint density at radius 1 is 0.920 bits per heavy atom. The molecule has 0 aliphatic heterocycles. The Kier molecular flexibility index (Phi) is 5.99. The molecule has 0 radical (unpaired) electrons. The summed E-state index contributed by atoms with van der Waals surface area (Å²) in [5.41, 5.74) is 3.33. The first kappa shape index (κ1) is 17.4. The van der Waals surface area contributed by atoms with Crippen LogP contribution in [0.15, 0.2) is 66.7 Å². The number of hydrogen-bond acceptors (Lipinski definition) is 3. The second-order valence-electron chi connectivity index (χ2n) is 5.84. The molecule has 0 atom stereocenters. The molecule has 0 fully saturated rings. The average Bonchev–Trinajstić information content (AvgIpc) is 3.08. The highest BCUT2D eigenvalue weighted by Gasteiger charge is 2.09. The number of ether oxygens (including phenoxy) is 1. The number of carbonyl (C=O) groups excluding carboxylic acids is 1. The molecule has 3 rings (SSSR count). The molecule has 25 heavy (non-hydrogen) atoms. The zero-order valence-corrected chi connectivity index (χ0v) is 15.0. The zero-order chi connectivity index (χ0) is 17.5. The van der Waals surface area contributed by atoms with Gasteiger partial charge in [0, 0.05) is 11.4 Å². The van der Waals surface area contributed by atoms with Gasteiger partial charge < -0.3 is 10.1 Å². The predicted molar refractivity (Wildman–Crippen MR) is 102 cm³/mol. The molecule has 0 aliphatic rings. The minimum absolute atomic E-state index is 0.0295. The fraction of sp³-hybridized carbons (Fsp3) is 0.190. The molecule has 4 heteroatoms. The van der Waals surface area contributed by atoms with Gasteiger partial charge in [0.1, 0.15) is 0 Å². The fourth-order valence-electron chi connectivity index (χ4n) is 2.54. The van der Waals surface area contributed by atoms with Crippen molar-refractivity contribution in [2.45, 2.75) is 26.7 Å². The first-order valence-corrected chi connectivity index (χ1v) is 9.07. The average molecular weight is 351 g/mol. The van der Waals surface area contributed by atoms with Crippen LogP contribution in [0.1, 0.15) is 31.2 Å². The van der Waals surface area contributed by atoms with Crippen LogP contribution in [0.5, 0.6) is 0 Å². The minimum Gasteiger partial charge on any atom is -0.372 e. The first-order valence-electron chi connectivity index (χ1n) is 8.25. The summed E-state index contributed by atoms with van der Waals surface area (Å²) in [6.45, 7) is 3.61. The monoisotopic (exact) mass is 351 g/mol. The number of aryl methyl sites for hydroxylation is 1. The van der Waals surface area contributed by atoms with Gasteiger partial charge in [0.25, 0.3) is 5.91 Å². The van der Waals surface area contributed by atoms with E-state index in [1.54, 1.807) is 0 Å². The fourth-order valence-corrected chi connectivity index (χ4v) is 3.33. The van der Waals surface area contributed by atoms with Crippen molar-refractivity contribution < 1.29 is 9.53 Å². The Bertz CT molecular complexity index is 827. The molecule has 1 heterocycles. The van der Waals surface area contributed by atoms with Crippen molar-refractivity contribution >= 4 is 17.2 Å². The van der Waals surface area contributed by atoms with Crippen LogP contribution in [-0.2, 0) is 24.5 Å². The summed E-state index contributed by atoms with van der Waals surface area (Å²) in [4.78, 5) is 14.1. The molecule has 0 unspecified atom stereocenters. The van der Waals surface area contributed by atoms with Crippen LogP contribution in [0.25, 0.3) is 0 Å². The summed E-state index contributed by atoms with van der Waals surface area (Å²) in [6.07, 6.45) is 0. The van der Waals surface area contributed by atoms with Gasteiger partial charge in [-0.15, -0.1) is 11.3 Å². The van der Waals surface area contributed by atoms with Gasteiger partial charge in [0.15, 0.2) is 0 Å². The quantitative estimate of drug-likeness (QED) is 0.670. The number of rotatable bonds is 7. The van der Waals surface area contributed by atoms with Crippen LogP contribution in [0, 0.1) is 6.92 Å². The normalized spacial score (nSPS) is 10.6. The van der Waals surface area contributed by atoms with Crippen LogP contribution in [0.4, 0.5) is 0 Å². The van der Waals surface area contributed by atoms with Gasteiger partial charge in [0.2, 0.25) is 0 Å². The smallest absolute Gasteiger partial charge is 0.261 e. The maximum atomic E-state index is 12.2. The Labute approximate surface area is 152 Å². The van der Waals surface area contributed by atoms with Gasteiger partial charge in [-0.05, 0) is 35.7 Å². The standard InChI is InChI=1S/C21H21NO2S/c1-16-11-12-20(25-16)21(23)22-13-18-9-5-6-10-19(18)15-24-14-17-7-3-2-4-8-17/h2-12H,13-15H2,1H3,(H,22,23). The Morgan fingerprint density at radius 3 is 2.36 bits per heavy atom. The molecule has 128 valence electrons. The second-order valence-corrected chi connectivity index (χ2v) is 7.13. The summed E-state index contributed by atoms with van der Waals surface area (Å²) in [7, 11) is 0. The Balaban J connectivity index is 1.56. The molecule has 1 N–H and O–H groups in total. The molecule has 0 saturated carbocycles. The molecule has 2 aromatic carbocycles. The molecule has 3 aromatic rings. The van der Waals surface area contributed by atoms with Gasteiger partial charge >= 0.3 is 0 Å². The summed E-state index contributed by atoms with van der Waals surface area (Å²) in [5, 5.41) is 2.99. The third-order valence-corrected chi connectivity index (χ3v) is 4.89. The molecule has 1 aromatic heterocycles. The van der Waals surface area contributed by atoms with Crippen molar-refractivity contribution in [1.82, 2.24) is 5.32 Å². The van der Waals surface area contributed by atoms with Crippen LogP contribution in [-0.4, -0.2) is 5.91 Å². The van der Waals surface area contributed by atoms with Crippen molar-refractivity contribution in [2.24, 2.45) is 0 Å². The van der Waals surface area contributed by atoms with E-state index in [-0.39, 0.29) is 5.91 Å². The number of amides is 1. The van der Waals surface area contributed by atoms with Crippen LogP contribution < -0.4 is 5.32 Å². The van der Waals surface area contributed by atoms with E-state index in [0.717, 1.165) is 26.4 Å². The maximum Gasteiger partial charge on any atom is 0.261 e. The molecule has 0 saturated heterocycles. The van der Waals surface area contributed by atoms with E-state index >= 15 is 0 Å². The largest absolute Gasteiger partial charge is 0.372 e. The summed E-state index contributed by atoms with van der Waals surface area (Å²) in [6, 6.07) is 22.0. The van der Waals surface area contributed by atoms with E-state index in [9.17, 15) is 4.79 Å². The van der Waals surface area contributed by atoms with Gasteiger partial charge in [-0.1, -0.05) is 54.6 Å². The van der Waals surface area contributed by atoms with E-state index in [1.165, 1.54) is 11.3 Å². The third kappa shape index (κ3) is 5.02. The van der Waals surface area contributed by atoms with Gasteiger partial charge in [-0.2, -0.15) is 0 Å². The SMILES string of the molecule is Cc1ccc(C(=O)NCc2ccccc2COCc2ccccc2)s1. The molecular weight excluding hydrogens is 330 g/mol. The molecular formula is C21H21NO2S. The molecule has 3 nitrogen and oxygen atoms in total. The number of carbonyl (C=O) groups is 1. The lowest BCUT2D eigenvalue weighted by molar-refractivity contribution is 0.0951. The van der Waals surface area contributed by atoms with Crippen molar-refractivity contribution in [3.05, 3.63) is 93.2 Å². The topological polar surface area (TPSA) is 38.3 Å². The highest BCUT2D eigenvalue weighted by molar-refractivity contribution is 7.13. The first-order chi connectivity index (χ1) is 12.2. The van der Waals surface area contributed by atoms with Gasteiger partial charge in [-0.3, -0.25) is 4.79 Å². The molecule has 0 spiro atoms. The number of thiophene rings is 1. The van der Waals surface area contributed by atoms with Crippen molar-refractivity contribution in [2.75, 3.05) is 0 Å². The summed E-state index contributed by atoms with van der Waals surface area (Å²) < 4.78 is 5.83. The van der Waals surface area contributed by atoms with E-state index in [4.69, 9.17) is 4.74 Å².